The molecule has 0 radical (unpaired) electrons. The Morgan fingerprint density at radius 3 is 2.46 bits per heavy atom. The molecule has 1 aliphatic heterocycles. The van der Waals surface area contributed by atoms with Crippen molar-refractivity contribution in [1.82, 2.24) is 20.2 Å². The second kappa shape index (κ2) is 9.83. The predicted molar refractivity (Wildman–Crippen MR) is 130 cm³/mol. The first-order valence-corrected chi connectivity index (χ1v) is 12.4. The number of aromatic amines is 1. The summed E-state index contributed by atoms with van der Waals surface area (Å²) < 4.78 is 5.61. The fourth-order valence-electron chi connectivity index (χ4n) is 4.66. The van der Waals surface area contributed by atoms with Crippen LogP contribution in [-0.4, -0.2) is 68.3 Å². The Balaban J connectivity index is 1.30. The third-order valence-corrected chi connectivity index (χ3v) is 7.38. The summed E-state index contributed by atoms with van der Waals surface area (Å²) in [6, 6.07) is 14.1. The molecule has 3 aromatic rings. The highest BCUT2D eigenvalue weighted by Gasteiger charge is 2.38. The van der Waals surface area contributed by atoms with Crippen molar-refractivity contribution in [3.05, 3.63) is 77.9 Å². The molecule has 2 atom stereocenters. The first-order chi connectivity index (χ1) is 17.0. The average molecular weight is 493 g/mol. The maximum absolute atomic E-state index is 13.3. The smallest absolute Gasteiger partial charge is 0.407 e. The number of H-pyrrole nitrogens is 1. The van der Waals surface area contributed by atoms with Gasteiger partial charge in [-0.3, -0.25) is 4.79 Å². The number of alkyl carbamates (subject to hydrolysis) is 1. The predicted octanol–water partition coefficient (Wildman–Crippen LogP) is 2.85. The van der Waals surface area contributed by atoms with E-state index in [-0.39, 0.29) is 24.8 Å². The number of nitrogens with zero attached hydrogens (tertiary/aromatic N) is 2. The van der Waals surface area contributed by atoms with E-state index in [9.17, 15) is 19.5 Å². The number of carboxylic acid groups (broad SMARTS) is 1. The van der Waals surface area contributed by atoms with Crippen LogP contribution in [-0.2, 0) is 20.7 Å². The molecule has 1 aromatic heterocycles. The summed E-state index contributed by atoms with van der Waals surface area (Å²) in [5.41, 5.74) is 5.06. The number of hydrogen-bond acceptors (Lipinski definition) is 6. The Labute approximate surface area is 205 Å². The van der Waals surface area contributed by atoms with Crippen molar-refractivity contribution in [2.75, 3.05) is 18.2 Å². The second-order valence-electron chi connectivity index (χ2n) is 8.47. The molecule has 2 amide bonds. The Morgan fingerprint density at radius 2 is 1.83 bits per heavy atom. The van der Waals surface area contributed by atoms with Crippen LogP contribution in [0.4, 0.5) is 4.79 Å². The second-order valence-corrected chi connectivity index (χ2v) is 9.47. The molecule has 180 valence electrons. The molecule has 10 heteroatoms. The lowest BCUT2D eigenvalue weighted by Gasteiger charge is -2.26. The van der Waals surface area contributed by atoms with Crippen molar-refractivity contribution in [2.24, 2.45) is 0 Å². The van der Waals surface area contributed by atoms with E-state index < -0.39 is 30.1 Å². The topological polar surface area (TPSA) is 125 Å². The normalized spacial score (nSPS) is 17.5. The number of carboxylic acids is 1. The van der Waals surface area contributed by atoms with Crippen LogP contribution in [0, 0.1) is 0 Å². The fourth-order valence-corrected chi connectivity index (χ4v) is 5.82. The molecule has 0 saturated carbocycles. The summed E-state index contributed by atoms with van der Waals surface area (Å²) in [5.74, 6) is -1.08. The zero-order valence-corrected chi connectivity index (χ0v) is 19.5. The van der Waals surface area contributed by atoms with Gasteiger partial charge in [0.05, 0.1) is 12.2 Å². The molecule has 2 aliphatic rings. The highest BCUT2D eigenvalue weighted by molar-refractivity contribution is 7.99. The van der Waals surface area contributed by atoms with E-state index in [4.69, 9.17) is 4.74 Å². The fraction of sp³-hybridized carbons (Fsp3) is 0.280. The molecular formula is C25H24N4O5S. The third-order valence-electron chi connectivity index (χ3n) is 6.36. The van der Waals surface area contributed by atoms with E-state index in [1.54, 1.807) is 6.20 Å². The van der Waals surface area contributed by atoms with Gasteiger partial charge in [-0.1, -0.05) is 48.5 Å². The molecule has 0 spiro atoms. The van der Waals surface area contributed by atoms with Gasteiger partial charge in [0.2, 0.25) is 5.91 Å². The van der Waals surface area contributed by atoms with Crippen LogP contribution < -0.4 is 5.32 Å². The summed E-state index contributed by atoms with van der Waals surface area (Å²) in [5, 5.41) is 12.1. The number of aliphatic carboxylic acids is 1. The number of rotatable bonds is 7. The van der Waals surface area contributed by atoms with Crippen molar-refractivity contribution < 1.29 is 24.2 Å². The van der Waals surface area contributed by atoms with Gasteiger partial charge in [-0.25, -0.2) is 14.6 Å². The van der Waals surface area contributed by atoms with Crippen LogP contribution in [0.25, 0.3) is 11.1 Å². The maximum Gasteiger partial charge on any atom is 0.407 e. The first kappa shape index (κ1) is 23.0. The third kappa shape index (κ3) is 4.61. The standard InChI is InChI=1S/C25H24N4O5S/c30-23(29-14-35-12-22(29)24(31)32)21(9-15-10-26-13-27-15)28-25(33)34-11-20-18-7-3-1-5-16(18)17-6-2-4-8-19(17)20/h1-8,10,13,20-22H,9,11-12,14H2,(H,26,27)(H,28,33)(H,31,32)/t21?,22-/m0/s1. The molecule has 2 aromatic carbocycles. The van der Waals surface area contributed by atoms with Crippen LogP contribution in [0.15, 0.2) is 61.1 Å². The zero-order valence-electron chi connectivity index (χ0n) is 18.7. The SMILES string of the molecule is O=C(NC(Cc1cnc[nH]1)C(=O)N1CSC[C@H]1C(=O)O)OCC1c2ccccc2-c2ccccc21. The number of ether oxygens (including phenoxy) is 1. The minimum Gasteiger partial charge on any atom is -0.480 e. The lowest BCUT2D eigenvalue weighted by atomic mass is 9.98. The molecular weight excluding hydrogens is 468 g/mol. The largest absolute Gasteiger partial charge is 0.480 e. The highest BCUT2D eigenvalue weighted by atomic mass is 32.2. The Morgan fingerprint density at radius 1 is 1.14 bits per heavy atom. The lowest BCUT2D eigenvalue weighted by Crippen LogP contribution is -2.53. The quantitative estimate of drug-likeness (QED) is 0.463. The number of fused-ring (bicyclic) bond motifs is 3. The highest BCUT2D eigenvalue weighted by Crippen LogP contribution is 2.44. The number of carbonyl (C=O) groups is 3. The molecule has 1 fully saturated rings. The van der Waals surface area contributed by atoms with Crippen molar-refractivity contribution in [3.63, 3.8) is 0 Å². The van der Waals surface area contributed by atoms with Crippen molar-refractivity contribution in [2.45, 2.75) is 24.4 Å². The molecule has 1 aliphatic carbocycles. The van der Waals surface area contributed by atoms with Gasteiger partial charge in [-0.05, 0) is 22.3 Å². The number of thioether (sulfide) groups is 1. The number of imidazole rings is 1. The van der Waals surface area contributed by atoms with Gasteiger partial charge in [0.15, 0.2) is 0 Å². The number of hydrogen-bond donors (Lipinski definition) is 3. The molecule has 0 bridgehead atoms. The summed E-state index contributed by atoms with van der Waals surface area (Å²) >= 11 is 1.37. The Hall–Kier alpha value is -3.79. The van der Waals surface area contributed by atoms with Crippen molar-refractivity contribution in [3.8, 4) is 11.1 Å². The summed E-state index contributed by atoms with van der Waals surface area (Å²) in [6.07, 6.45) is 2.45. The van der Waals surface area contributed by atoms with E-state index in [0.29, 0.717) is 11.4 Å². The van der Waals surface area contributed by atoms with Crippen LogP contribution in [0.3, 0.4) is 0 Å². The minimum absolute atomic E-state index is 0.110. The molecule has 5 rings (SSSR count). The van der Waals surface area contributed by atoms with Gasteiger partial charge in [0.25, 0.3) is 0 Å². The Bertz CT molecular complexity index is 1200. The molecule has 35 heavy (non-hydrogen) atoms. The van der Waals surface area contributed by atoms with E-state index in [2.05, 4.69) is 27.4 Å². The van der Waals surface area contributed by atoms with Crippen LogP contribution in [0.5, 0.6) is 0 Å². The summed E-state index contributed by atoms with van der Waals surface area (Å²) in [6.45, 7) is 0.113. The number of carbonyl (C=O) groups excluding carboxylic acids is 2. The first-order valence-electron chi connectivity index (χ1n) is 11.2. The van der Waals surface area contributed by atoms with Gasteiger partial charge >= 0.3 is 12.1 Å². The molecule has 9 nitrogen and oxygen atoms in total. The van der Waals surface area contributed by atoms with Crippen molar-refractivity contribution >= 4 is 29.7 Å². The van der Waals surface area contributed by atoms with Crippen LogP contribution >= 0.6 is 11.8 Å². The zero-order chi connectivity index (χ0) is 24.4. The molecule has 2 heterocycles. The minimum atomic E-state index is -1.07. The summed E-state index contributed by atoms with van der Waals surface area (Å²) in [7, 11) is 0. The maximum atomic E-state index is 13.3. The number of benzene rings is 2. The lowest BCUT2D eigenvalue weighted by molar-refractivity contribution is -0.148. The van der Waals surface area contributed by atoms with Gasteiger partial charge < -0.3 is 25.0 Å². The van der Waals surface area contributed by atoms with Gasteiger partial charge in [-0.2, -0.15) is 0 Å². The number of amides is 2. The number of nitrogens with one attached hydrogen (secondary N) is 2. The Kier molecular flexibility index (Phi) is 6.45. The van der Waals surface area contributed by atoms with Gasteiger partial charge in [0.1, 0.15) is 18.7 Å². The van der Waals surface area contributed by atoms with Gasteiger partial charge in [-0.15, -0.1) is 11.8 Å². The van der Waals surface area contributed by atoms with E-state index in [1.807, 2.05) is 36.4 Å². The van der Waals surface area contributed by atoms with E-state index in [0.717, 1.165) is 22.3 Å². The molecule has 1 unspecified atom stereocenters. The van der Waals surface area contributed by atoms with Crippen LogP contribution in [0.2, 0.25) is 0 Å². The molecule has 3 N–H and O–H groups in total. The van der Waals surface area contributed by atoms with Crippen LogP contribution in [0.1, 0.15) is 22.7 Å². The van der Waals surface area contributed by atoms with Gasteiger partial charge in [0, 0.05) is 30.0 Å². The average Bonchev–Trinajstić information content (AvgIpc) is 3.61. The van der Waals surface area contributed by atoms with E-state index >= 15 is 0 Å². The molecule has 1 saturated heterocycles. The van der Waals surface area contributed by atoms with E-state index in [1.165, 1.54) is 23.0 Å². The number of aromatic nitrogens is 2. The van der Waals surface area contributed by atoms with Crippen molar-refractivity contribution in [1.29, 1.82) is 0 Å². The monoisotopic (exact) mass is 492 g/mol. The summed E-state index contributed by atoms with van der Waals surface area (Å²) in [4.78, 5) is 45.9.